The molecule has 1 aliphatic rings. The summed E-state index contributed by atoms with van der Waals surface area (Å²) < 4.78 is 10.7. The number of rotatable bonds is 6. The molecule has 1 aromatic carbocycles. The van der Waals surface area contributed by atoms with E-state index in [1.165, 1.54) is 25.7 Å². The molecule has 1 aromatic rings. The van der Waals surface area contributed by atoms with Gasteiger partial charge in [0.15, 0.2) is 18.1 Å². The molecular weight excluding hydrogens is 268 g/mol. The zero-order chi connectivity index (χ0) is 15.1. The quantitative estimate of drug-likeness (QED) is 0.870. The minimum absolute atomic E-state index is 0.135. The smallest absolute Gasteiger partial charge is 0.255 e. The number of carbonyl (C=O) groups is 1. The topological polar surface area (TPSA) is 64.8 Å². The standard InChI is InChI=1S/C16H24N2O3/c1-20-14-7-6-13(10-15(14)21-12-16(17)19)11-18-8-4-2-3-5-9-18/h6-7,10H,2-5,8-9,11-12H2,1H3,(H2,17,19). The van der Waals surface area contributed by atoms with Crippen LogP contribution in [0.15, 0.2) is 18.2 Å². The summed E-state index contributed by atoms with van der Waals surface area (Å²) in [5, 5.41) is 0. The molecule has 116 valence electrons. The average molecular weight is 292 g/mol. The molecule has 0 radical (unpaired) electrons. The predicted octanol–water partition coefficient (Wildman–Crippen LogP) is 1.94. The van der Waals surface area contributed by atoms with Gasteiger partial charge in [0.1, 0.15) is 0 Å². The minimum Gasteiger partial charge on any atom is -0.493 e. The van der Waals surface area contributed by atoms with E-state index in [2.05, 4.69) is 4.90 Å². The maximum absolute atomic E-state index is 10.9. The second-order valence-corrected chi connectivity index (χ2v) is 5.43. The van der Waals surface area contributed by atoms with Gasteiger partial charge >= 0.3 is 0 Å². The molecule has 2 rings (SSSR count). The van der Waals surface area contributed by atoms with Crippen LogP contribution in [-0.2, 0) is 11.3 Å². The van der Waals surface area contributed by atoms with Gasteiger partial charge in [-0.25, -0.2) is 0 Å². The summed E-state index contributed by atoms with van der Waals surface area (Å²) in [7, 11) is 1.58. The number of likely N-dealkylation sites (tertiary alicyclic amines) is 1. The predicted molar refractivity (Wildman–Crippen MR) is 81.4 cm³/mol. The lowest BCUT2D eigenvalue weighted by Gasteiger charge is -2.20. The maximum atomic E-state index is 10.9. The number of methoxy groups -OCH3 is 1. The van der Waals surface area contributed by atoms with E-state index in [9.17, 15) is 4.79 Å². The van der Waals surface area contributed by atoms with Gasteiger partial charge in [0, 0.05) is 6.54 Å². The molecule has 1 fully saturated rings. The summed E-state index contributed by atoms with van der Waals surface area (Å²) >= 11 is 0. The first kappa shape index (κ1) is 15.6. The van der Waals surface area contributed by atoms with E-state index in [1.54, 1.807) is 7.11 Å². The Balaban J connectivity index is 2.04. The fraction of sp³-hybridized carbons (Fsp3) is 0.562. The number of nitrogens with zero attached hydrogens (tertiary/aromatic N) is 1. The number of nitrogens with two attached hydrogens (primary N) is 1. The van der Waals surface area contributed by atoms with Crippen LogP contribution in [0.25, 0.3) is 0 Å². The number of hydrogen-bond donors (Lipinski definition) is 1. The molecular formula is C16H24N2O3. The third kappa shape index (κ3) is 4.93. The summed E-state index contributed by atoms with van der Waals surface area (Å²) in [6.45, 7) is 3.05. The highest BCUT2D eigenvalue weighted by atomic mass is 16.5. The molecule has 1 heterocycles. The number of carbonyl (C=O) groups excluding carboxylic acids is 1. The van der Waals surface area contributed by atoms with E-state index >= 15 is 0 Å². The lowest BCUT2D eigenvalue weighted by Crippen LogP contribution is -2.24. The summed E-state index contributed by atoms with van der Waals surface area (Å²) in [5.74, 6) is 0.703. The molecule has 0 unspecified atom stereocenters. The second kappa shape index (κ2) is 7.88. The van der Waals surface area contributed by atoms with Crippen molar-refractivity contribution in [3.05, 3.63) is 23.8 Å². The Morgan fingerprint density at radius 1 is 1.19 bits per heavy atom. The normalized spacial score (nSPS) is 16.2. The molecule has 0 aliphatic carbocycles. The van der Waals surface area contributed by atoms with Gasteiger partial charge in [-0.05, 0) is 43.6 Å². The summed E-state index contributed by atoms with van der Waals surface area (Å²) in [4.78, 5) is 13.3. The molecule has 2 N–H and O–H groups in total. The number of hydrogen-bond acceptors (Lipinski definition) is 4. The number of ether oxygens (including phenoxy) is 2. The Kier molecular flexibility index (Phi) is 5.87. The fourth-order valence-corrected chi connectivity index (χ4v) is 2.63. The van der Waals surface area contributed by atoms with Crippen LogP contribution in [0, 0.1) is 0 Å². The fourth-order valence-electron chi connectivity index (χ4n) is 2.63. The van der Waals surface area contributed by atoms with Crippen molar-refractivity contribution in [2.75, 3.05) is 26.8 Å². The van der Waals surface area contributed by atoms with Crippen LogP contribution in [0.5, 0.6) is 11.5 Å². The van der Waals surface area contributed by atoms with E-state index in [0.29, 0.717) is 11.5 Å². The van der Waals surface area contributed by atoms with Crippen molar-refractivity contribution < 1.29 is 14.3 Å². The molecule has 0 bridgehead atoms. The summed E-state index contributed by atoms with van der Waals surface area (Å²) in [6, 6.07) is 5.86. The highest BCUT2D eigenvalue weighted by molar-refractivity contribution is 5.75. The maximum Gasteiger partial charge on any atom is 0.255 e. The van der Waals surface area contributed by atoms with Gasteiger partial charge in [-0.2, -0.15) is 0 Å². The third-order valence-electron chi connectivity index (χ3n) is 3.70. The van der Waals surface area contributed by atoms with E-state index in [1.807, 2.05) is 18.2 Å². The van der Waals surface area contributed by atoms with E-state index in [4.69, 9.17) is 15.2 Å². The number of primary amides is 1. The van der Waals surface area contributed by atoms with Crippen LogP contribution in [0.2, 0.25) is 0 Å². The van der Waals surface area contributed by atoms with Gasteiger partial charge in [-0.1, -0.05) is 18.9 Å². The Morgan fingerprint density at radius 3 is 2.52 bits per heavy atom. The molecule has 0 aromatic heterocycles. The van der Waals surface area contributed by atoms with Gasteiger partial charge in [-0.15, -0.1) is 0 Å². The van der Waals surface area contributed by atoms with Crippen molar-refractivity contribution in [3.63, 3.8) is 0 Å². The number of amides is 1. The molecule has 0 spiro atoms. The first-order chi connectivity index (χ1) is 10.2. The van der Waals surface area contributed by atoms with Crippen LogP contribution < -0.4 is 15.2 Å². The lowest BCUT2D eigenvalue weighted by molar-refractivity contribution is -0.119. The molecule has 5 heteroatoms. The van der Waals surface area contributed by atoms with Crippen molar-refractivity contribution in [1.29, 1.82) is 0 Å². The summed E-state index contributed by atoms with van der Waals surface area (Å²) in [5.41, 5.74) is 6.29. The minimum atomic E-state index is -0.491. The van der Waals surface area contributed by atoms with Crippen molar-refractivity contribution in [2.45, 2.75) is 32.2 Å². The second-order valence-electron chi connectivity index (χ2n) is 5.43. The summed E-state index contributed by atoms with van der Waals surface area (Å²) in [6.07, 6.45) is 5.18. The van der Waals surface area contributed by atoms with Gasteiger partial charge in [0.25, 0.3) is 5.91 Å². The Bertz CT molecular complexity index is 469. The first-order valence-corrected chi connectivity index (χ1v) is 7.49. The van der Waals surface area contributed by atoms with Crippen molar-refractivity contribution in [3.8, 4) is 11.5 Å². The Labute approximate surface area is 126 Å². The highest BCUT2D eigenvalue weighted by Gasteiger charge is 2.12. The molecule has 5 nitrogen and oxygen atoms in total. The molecule has 1 aliphatic heterocycles. The van der Waals surface area contributed by atoms with Crippen molar-refractivity contribution >= 4 is 5.91 Å². The van der Waals surface area contributed by atoms with Gasteiger partial charge in [0.05, 0.1) is 7.11 Å². The zero-order valence-electron chi connectivity index (χ0n) is 12.6. The van der Waals surface area contributed by atoms with Crippen LogP contribution in [0.3, 0.4) is 0 Å². The van der Waals surface area contributed by atoms with Gasteiger partial charge in [-0.3, -0.25) is 9.69 Å². The zero-order valence-corrected chi connectivity index (χ0v) is 12.6. The van der Waals surface area contributed by atoms with E-state index < -0.39 is 5.91 Å². The van der Waals surface area contributed by atoms with Crippen LogP contribution in [0.1, 0.15) is 31.2 Å². The lowest BCUT2D eigenvalue weighted by atomic mass is 10.2. The van der Waals surface area contributed by atoms with Crippen LogP contribution in [-0.4, -0.2) is 37.6 Å². The largest absolute Gasteiger partial charge is 0.493 e. The van der Waals surface area contributed by atoms with Crippen molar-refractivity contribution in [2.24, 2.45) is 5.73 Å². The van der Waals surface area contributed by atoms with Crippen LogP contribution >= 0.6 is 0 Å². The van der Waals surface area contributed by atoms with Crippen LogP contribution in [0.4, 0.5) is 0 Å². The molecule has 1 amide bonds. The highest BCUT2D eigenvalue weighted by Crippen LogP contribution is 2.28. The molecule has 0 atom stereocenters. The first-order valence-electron chi connectivity index (χ1n) is 7.49. The number of benzene rings is 1. The van der Waals surface area contributed by atoms with E-state index in [-0.39, 0.29) is 6.61 Å². The van der Waals surface area contributed by atoms with Gasteiger partial charge < -0.3 is 15.2 Å². The third-order valence-corrected chi connectivity index (χ3v) is 3.70. The van der Waals surface area contributed by atoms with Gasteiger partial charge in [0.2, 0.25) is 0 Å². The van der Waals surface area contributed by atoms with Crippen molar-refractivity contribution in [1.82, 2.24) is 4.90 Å². The molecule has 21 heavy (non-hydrogen) atoms. The van der Waals surface area contributed by atoms with E-state index in [0.717, 1.165) is 25.2 Å². The average Bonchev–Trinajstić information content (AvgIpc) is 2.74. The molecule has 0 saturated carbocycles. The molecule has 1 saturated heterocycles. The SMILES string of the molecule is COc1ccc(CN2CCCCCC2)cc1OCC(N)=O. The Hall–Kier alpha value is -1.75. The Morgan fingerprint density at radius 2 is 1.90 bits per heavy atom. The monoisotopic (exact) mass is 292 g/mol.